The van der Waals surface area contributed by atoms with E-state index in [0.717, 1.165) is 12.8 Å². The number of benzene rings is 1. The van der Waals surface area contributed by atoms with E-state index in [1.54, 1.807) is 23.1 Å². The van der Waals surface area contributed by atoms with Gasteiger partial charge < -0.3 is 21.1 Å². The predicted octanol–water partition coefficient (Wildman–Crippen LogP) is 0.715. The number of hydrogen-bond donors (Lipinski definition) is 3. The monoisotopic (exact) mass is 277 g/mol. The molecule has 1 aliphatic heterocycles. The third-order valence-electron chi connectivity index (χ3n) is 3.41. The van der Waals surface area contributed by atoms with Crippen LogP contribution in [0.25, 0.3) is 0 Å². The van der Waals surface area contributed by atoms with Crippen LogP contribution in [-0.2, 0) is 4.79 Å². The number of nitrogens with one attached hydrogen (secondary N) is 1. The van der Waals surface area contributed by atoms with Gasteiger partial charge in [-0.05, 0) is 25.0 Å². The van der Waals surface area contributed by atoms with E-state index >= 15 is 0 Å². The Morgan fingerprint density at radius 1 is 1.45 bits per heavy atom. The zero-order valence-corrected chi connectivity index (χ0v) is 11.4. The van der Waals surface area contributed by atoms with Crippen molar-refractivity contribution in [1.82, 2.24) is 10.2 Å². The first kappa shape index (κ1) is 14.2. The van der Waals surface area contributed by atoms with Crippen molar-refractivity contribution >= 4 is 17.5 Å². The molecule has 2 rings (SSSR count). The van der Waals surface area contributed by atoms with Gasteiger partial charge >= 0.3 is 0 Å². The molecule has 4 N–H and O–H groups in total. The predicted molar refractivity (Wildman–Crippen MR) is 75.3 cm³/mol. The number of nitrogens with two attached hydrogens (primary N) is 1. The Morgan fingerprint density at radius 3 is 2.90 bits per heavy atom. The van der Waals surface area contributed by atoms with E-state index in [1.807, 2.05) is 0 Å². The summed E-state index contributed by atoms with van der Waals surface area (Å²) in [7, 11) is 0. The first-order valence-electron chi connectivity index (χ1n) is 6.63. The van der Waals surface area contributed by atoms with Crippen molar-refractivity contribution in [3.05, 3.63) is 23.8 Å². The van der Waals surface area contributed by atoms with Crippen LogP contribution in [-0.4, -0.2) is 41.0 Å². The van der Waals surface area contributed by atoms with Crippen molar-refractivity contribution in [2.75, 3.05) is 18.8 Å². The highest BCUT2D eigenvalue weighted by atomic mass is 16.3. The van der Waals surface area contributed by atoms with Gasteiger partial charge in [-0.2, -0.15) is 0 Å². The van der Waals surface area contributed by atoms with Crippen LogP contribution in [0.3, 0.4) is 0 Å². The van der Waals surface area contributed by atoms with Gasteiger partial charge in [0.2, 0.25) is 5.91 Å². The maximum Gasteiger partial charge on any atom is 0.257 e. The topological polar surface area (TPSA) is 95.7 Å². The minimum atomic E-state index is -0.259. The second-order valence-corrected chi connectivity index (χ2v) is 5.03. The molecule has 1 aromatic rings. The molecular formula is C14H19N3O3. The standard InChI is InChI=1S/C14H19N3O3/c1-9(18)16-10-4-3-7-17(8-10)14(20)11-5-2-6-12(15)13(11)19/h2,5-6,10,19H,3-4,7-8,15H2,1H3,(H,16,18). The average molecular weight is 277 g/mol. The summed E-state index contributed by atoms with van der Waals surface area (Å²) >= 11 is 0. The molecule has 1 atom stereocenters. The van der Waals surface area contributed by atoms with E-state index in [4.69, 9.17) is 5.73 Å². The van der Waals surface area contributed by atoms with Crippen LogP contribution < -0.4 is 11.1 Å². The molecule has 0 aromatic heterocycles. The number of para-hydroxylation sites is 1. The van der Waals surface area contributed by atoms with Gasteiger partial charge in [-0.1, -0.05) is 6.07 Å². The summed E-state index contributed by atoms with van der Waals surface area (Å²) < 4.78 is 0. The van der Waals surface area contributed by atoms with Crippen LogP contribution in [0, 0.1) is 0 Å². The number of amides is 2. The summed E-state index contributed by atoms with van der Waals surface area (Å²) in [6.07, 6.45) is 1.67. The van der Waals surface area contributed by atoms with E-state index in [0.29, 0.717) is 13.1 Å². The molecule has 1 fully saturated rings. The molecule has 0 saturated carbocycles. The number of likely N-dealkylation sites (tertiary alicyclic amines) is 1. The van der Waals surface area contributed by atoms with Crippen LogP contribution in [0.2, 0.25) is 0 Å². The van der Waals surface area contributed by atoms with Crippen LogP contribution in [0.4, 0.5) is 5.69 Å². The Bertz CT molecular complexity index is 530. The average Bonchev–Trinajstić information content (AvgIpc) is 2.41. The molecular weight excluding hydrogens is 258 g/mol. The fourth-order valence-corrected chi connectivity index (χ4v) is 2.47. The highest BCUT2D eigenvalue weighted by Gasteiger charge is 2.26. The molecule has 0 aliphatic carbocycles. The summed E-state index contributed by atoms with van der Waals surface area (Å²) in [6.45, 7) is 2.53. The van der Waals surface area contributed by atoms with Crippen LogP contribution in [0.1, 0.15) is 30.1 Å². The lowest BCUT2D eigenvalue weighted by Crippen LogP contribution is -2.49. The van der Waals surface area contributed by atoms with Crippen molar-refractivity contribution in [3.8, 4) is 5.75 Å². The number of carbonyl (C=O) groups excluding carboxylic acids is 2. The maximum absolute atomic E-state index is 12.4. The number of rotatable bonds is 2. The Kier molecular flexibility index (Phi) is 4.12. The van der Waals surface area contributed by atoms with Gasteiger partial charge in [0, 0.05) is 26.1 Å². The van der Waals surface area contributed by atoms with Gasteiger partial charge in [0.25, 0.3) is 5.91 Å². The van der Waals surface area contributed by atoms with Crippen molar-refractivity contribution in [2.24, 2.45) is 0 Å². The number of carbonyl (C=O) groups is 2. The van der Waals surface area contributed by atoms with Crippen molar-refractivity contribution in [2.45, 2.75) is 25.8 Å². The van der Waals surface area contributed by atoms with Crippen LogP contribution >= 0.6 is 0 Å². The lowest BCUT2D eigenvalue weighted by atomic mass is 10.0. The Labute approximate surface area is 117 Å². The van der Waals surface area contributed by atoms with E-state index in [-0.39, 0.29) is 34.9 Å². The Hall–Kier alpha value is -2.24. The number of anilines is 1. The third-order valence-corrected chi connectivity index (χ3v) is 3.41. The molecule has 0 spiro atoms. The second-order valence-electron chi connectivity index (χ2n) is 5.03. The van der Waals surface area contributed by atoms with E-state index in [2.05, 4.69) is 5.32 Å². The van der Waals surface area contributed by atoms with E-state index in [9.17, 15) is 14.7 Å². The Morgan fingerprint density at radius 2 is 2.20 bits per heavy atom. The molecule has 0 bridgehead atoms. The number of nitrogen functional groups attached to an aromatic ring is 1. The van der Waals surface area contributed by atoms with Gasteiger partial charge in [-0.25, -0.2) is 0 Å². The summed E-state index contributed by atoms with van der Waals surface area (Å²) in [5.74, 6) is -0.542. The third kappa shape index (κ3) is 3.01. The summed E-state index contributed by atoms with van der Waals surface area (Å²) in [5.41, 5.74) is 5.99. The fourth-order valence-electron chi connectivity index (χ4n) is 2.47. The molecule has 20 heavy (non-hydrogen) atoms. The number of phenols is 1. The minimum absolute atomic E-state index is 0.0339. The fraction of sp³-hybridized carbons (Fsp3) is 0.429. The largest absolute Gasteiger partial charge is 0.505 e. The summed E-state index contributed by atoms with van der Waals surface area (Å²) in [5, 5.41) is 12.7. The smallest absolute Gasteiger partial charge is 0.257 e. The van der Waals surface area contributed by atoms with Crippen LogP contribution in [0.5, 0.6) is 5.75 Å². The zero-order valence-electron chi connectivity index (χ0n) is 11.4. The van der Waals surface area contributed by atoms with Gasteiger partial charge in [0.05, 0.1) is 11.3 Å². The normalized spacial score (nSPS) is 18.6. The summed E-state index contributed by atoms with van der Waals surface area (Å²) in [6, 6.07) is 4.70. The molecule has 6 nitrogen and oxygen atoms in total. The quantitative estimate of drug-likeness (QED) is 0.548. The van der Waals surface area contributed by atoms with Crippen molar-refractivity contribution < 1.29 is 14.7 Å². The number of phenolic OH excluding ortho intramolecular Hbond substituents is 1. The highest BCUT2D eigenvalue weighted by molar-refractivity contribution is 5.98. The number of nitrogens with zero attached hydrogens (tertiary/aromatic N) is 1. The molecule has 108 valence electrons. The van der Waals surface area contributed by atoms with Gasteiger partial charge in [-0.15, -0.1) is 0 Å². The Balaban J connectivity index is 2.12. The number of hydrogen-bond acceptors (Lipinski definition) is 4. The molecule has 1 heterocycles. The lowest BCUT2D eigenvalue weighted by molar-refractivity contribution is -0.120. The van der Waals surface area contributed by atoms with Gasteiger partial charge in [0.1, 0.15) is 0 Å². The van der Waals surface area contributed by atoms with Crippen molar-refractivity contribution in [3.63, 3.8) is 0 Å². The first-order valence-corrected chi connectivity index (χ1v) is 6.63. The molecule has 1 aliphatic rings. The molecule has 1 aromatic carbocycles. The van der Waals surface area contributed by atoms with Gasteiger partial charge in [0.15, 0.2) is 5.75 Å². The molecule has 2 amide bonds. The number of aromatic hydroxyl groups is 1. The highest BCUT2D eigenvalue weighted by Crippen LogP contribution is 2.26. The molecule has 1 unspecified atom stereocenters. The molecule has 0 radical (unpaired) electrons. The maximum atomic E-state index is 12.4. The SMILES string of the molecule is CC(=O)NC1CCCN(C(=O)c2cccc(N)c2O)C1. The zero-order chi connectivity index (χ0) is 14.7. The second kappa shape index (κ2) is 5.81. The molecule has 1 saturated heterocycles. The first-order chi connectivity index (χ1) is 9.49. The summed E-state index contributed by atoms with van der Waals surface area (Å²) in [4.78, 5) is 25.1. The van der Waals surface area contributed by atoms with E-state index in [1.165, 1.54) is 6.92 Å². The van der Waals surface area contributed by atoms with Crippen molar-refractivity contribution in [1.29, 1.82) is 0 Å². The molecule has 6 heteroatoms. The number of piperidine rings is 1. The van der Waals surface area contributed by atoms with Gasteiger partial charge in [-0.3, -0.25) is 9.59 Å². The lowest BCUT2D eigenvalue weighted by Gasteiger charge is -2.33. The minimum Gasteiger partial charge on any atom is -0.505 e. The van der Waals surface area contributed by atoms with E-state index < -0.39 is 0 Å². The van der Waals surface area contributed by atoms with Crippen LogP contribution in [0.15, 0.2) is 18.2 Å².